The van der Waals surface area contributed by atoms with Crippen molar-refractivity contribution in [2.45, 2.75) is 12.8 Å². The number of nitrogens with zero attached hydrogens (tertiary/aromatic N) is 1. The highest BCUT2D eigenvalue weighted by Crippen LogP contribution is 2.19. The number of halogens is 3. The van der Waals surface area contributed by atoms with E-state index in [2.05, 4.69) is 9.72 Å². The Balaban J connectivity index is 1.85. The van der Waals surface area contributed by atoms with Crippen LogP contribution in [0.4, 0.5) is 13.2 Å². The maximum Gasteiger partial charge on any atom is 0.422 e. The second-order valence-corrected chi connectivity index (χ2v) is 4.01. The minimum absolute atomic E-state index is 0.0504. The summed E-state index contributed by atoms with van der Waals surface area (Å²) in [4.78, 5) is 3.88. The van der Waals surface area contributed by atoms with Gasteiger partial charge in [-0.05, 0) is 11.6 Å². The topological polar surface area (TPSA) is 31.4 Å². The maximum atomic E-state index is 12.0. The molecule has 106 valence electrons. The van der Waals surface area contributed by atoms with Crippen molar-refractivity contribution in [3.8, 4) is 11.6 Å². The van der Waals surface area contributed by atoms with Crippen LogP contribution in [0.1, 0.15) is 5.56 Å². The maximum absolute atomic E-state index is 12.0. The summed E-state index contributed by atoms with van der Waals surface area (Å²) in [6.07, 6.45) is -3.16. The van der Waals surface area contributed by atoms with Gasteiger partial charge in [-0.2, -0.15) is 13.2 Å². The lowest BCUT2D eigenvalue weighted by atomic mass is 10.2. The van der Waals surface area contributed by atoms with Gasteiger partial charge in [-0.3, -0.25) is 0 Å². The predicted molar refractivity (Wildman–Crippen MR) is 66.6 cm³/mol. The van der Waals surface area contributed by atoms with Crippen LogP contribution in [0.2, 0.25) is 0 Å². The summed E-state index contributed by atoms with van der Waals surface area (Å²) in [5.41, 5.74) is 0.978. The quantitative estimate of drug-likeness (QED) is 0.840. The van der Waals surface area contributed by atoms with Crippen LogP contribution < -0.4 is 9.47 Å². The van der Waals surface area contributed by atoms with Gasteiger partial charge in [0.15, 0.2) is 6.61 Å². The number of ether oxygens (including phenoxy) is 2. The van der Waals surface area contributed by atoms with E-state index in [0.29, 0.717) is 12.5 Å². The van der Waals surface area contributed by atoms with Gasteiger partial charge >= 0.3 is 6.18 Å². The van der Waals surface area contributed by atoms with Crippen LogP contribution in [-0.4, -0.2) is 17.8 Å². The van der Waals surface area contributed by atoms with Crippen LogP contribution in [0, 0.1) is 0 Å². The van der Waals surface area contributed by atoms with Gasteiger partial charge in [0.2, 0.25) is 5.88 Å². The van der Waals surface area contributed by atoms with Gasteiger partial charge in [0.05, 0.1) is 6.20 Å². The zero-order valence-electron chi connectivity index (χ0n) is 10.4. The lowest BCUT2D eigenvalue weighted by Gasteiger charge is -2.09. The van der Waals surface area contributed by atoms with Crippen LogP contribution in [0.3, 0.4) is 0 Å². The molecule has 0 N–H and O–H groups in total. The molecule has 0 atom stereocenters. The second-order valence-electron chi connectivity index (χ2n) is 4.01. The number of rotatable bonds is 5. The minimum Gasteiger partial charge on any atom is -0.483 e. The molecular weight excluding hydrogens is 271 g/mol. The van der Waals surface area contributed by atoms with E-state index in [1.54, 1.807) is 0 Å². The molecule has 0 aliphatic rings. The SMILES string of the molecule is FC(F)(F)COc1ccc(OCc2ccccc2)nc1. The summed E-state index contributed by atoms with van der Waals surface area (Å²) in [5, 5.41) is 0. The largest absolute Gasteiger partial charge is 0.483 e. The molecule has 0 aliphatic heterocycles. The van der Waals surface area contributed by atoms with Crippen LogP contribution in [-0.2, 0) is 6.61 Å². The number of hydrogen-bond donors (Lipinski definition) is 0. The Morgan fingerprint density at radius 2 is 1.70 bits per heavy atom. The standard InChI is InChI=1S/C14H12F3NO2/c15-14(16,17)10-20-12-6-7-13(18-8-12)19-9-11-4-2-1-3-5-11/h1-8H,9-10H2. The highest BCUT2D eigenvalue weighted by Gasteiger charge is 2.28. The number of aromatic nitrogens is 1. The third-order valence-electron chi connectivity index (χ3n) is 2.34. The molecule has 3 nitrogen and oxygen atoms in total. The molecule has 0 saturated carbocycles. The van der Waals surface area contributed by atoms with Crippen molar-refractivity contribution in [1.82, 2.24) is 4.98 Å². The number of pyridine rings is 1. The molecule has 6 heteroatoms. The van der Waals surface area contributed by atoms with E-state index in [1.807, 2.05) is 30.3 Å². The highest BCUT2D eigenvalue weighted by molar-refractivity contribution is 5.23. The summed E-state index contributed by atoms with van der Waals surface area (Å²) >= 11 is 0. The fourth-order valence-corrected chi connectivity index (χ4v) is 1.43. The summed E-state index contributed by atoms with van der Waals surface area (Å²) in [6, 6.07) is 12.3. The van der Waals surface area contributed by atoms with E-state index >= 15 is 0 Å². The number of benzene rings is 1. The van der Waals surface area contributed by atoms with E-state index in [0.717, 1.165) is 5.56 Å². The van der Waals surface area contributed by atoms with Gasteiger partial charge in [0.1, 0.15) is 12.4 Å². The molecule has 0 radical (unpaired) electrons. The van der Waals surface area contributed by atoms with Crippen molar-refractivity contribution in [3.05, 3.63) is 54.2 Å². The van der Waals surface area contributed by atoms with Gasteiger partial charge in [0.25, 0.3) is 0 Å². The smallest absolute Gasteiger partial charge is 0.422 e. The summed E-state index contributed by atoms with van der Waals surface area (Å²) < 4.78 is 45.8. The van der Waals surface area contributed by atoms with Crippen molar-refractivity contribution < 1.29 is 22.6 Å². The molecule has 0 spiro atoms. The lowest BCUT2D eigenvalue weighted by Crippen LogP contribution is -2.19. The first-order chi connectivity index (χ1) is 9.53. The van der Waals surface area contributed by atoms with Crippen LogP contribution in [0.15, 0.2) is 48.7 Å². The molecule has 0 aliphatic carbocycles. The first-order valence-electron chi connectivity index (χ1n) is 5.85. The fraction of sp³-hybridized carbons (Fsp3) is 0.214. The van der Waals surface area contributed by atoms with Gasteiger partial charge in [-0.1, -0.05) is 30.3 Å². The fourth-order valence-electron chi connectivity index (χ4n) is 1.43. The Morgan fingerprint density at radius 3 is 2.30 bits per heavy atom. The van der Waals surface area contributed by atoms with E-state index in [-0.39, 0.29) is 5.75 Å². The molecule has 0 bridgehead atoms. The first-order valence-corrected chi connectivity index (χ1v) is 5.85. The van der Waals surface area contributed by atoms with E-state index < -0.39 is 12.8 Å². The summed E-state index contributed by atoms with van der Waals surface area (Å²) in [5.74, 6) is 0.377. The Hall–Kier alpha value is -2.24. The molecule has 20 heavy (non-hydrogen) atoms. The number of hydrogen-bond acceptors (Lipinski definition) is 3. The van der Waals surface area contributed by atoms with Crippen LogP contribution >= 0.6 is 0 Å². The van der Waals surface area contributed by atoms with Crippen molar-refractivity contribution in [1.29, 1.82) is 0 Å². The Bertz CT molecular complexity index is 526. The molecule has 1 aromatic heterocycles. The van der Waals surface area contributed by atoms with Crippen LogP contribution in [0.25, 0.3) is 0 Å². The second kappa shape index (κ2) is 6.27. The zero-order chi connectivity index (χ0) is 14.4. The van der Waals surface area contributed by atoms with E-state index in [4.69, 9.17) is 4.74 Å². The predicted octanol–water partition coefficient (Wildman–Crippen LogP) is 3.60. The van der Waals surface area contributed by atoms with Gasteiger partial charge in [-0.15, -0.1) is 0 Å². The monoisotopic (exact) mass is 283 g/mol. The van der Waals surface area contributed by atoms with Crippen molar-refractivity contribution in [2.24, 2.45) is 0 Å². The molecule has 1 aromatic carbocycles. The van der Waals surface area contributed by atoms with Gasteiger partial charge in [0, 0.05) is 6.07 Å². The average Bonchev–Trinajstić information content (AvgIpc) is 2.44. The Morgan fingerprint density at radius 1 is 0.950 bits per heavy atom. The third kappa shape index (κ3) is 4.79. The molecular formula is C14H12F3NO2. The third-order valence-corrected chi connectivity index (χ3v) is 2.34. The molecule has 2 rings (SSSR count). The highest BCUT2D eigenvalue weighted by atomic mass is 19.4. The lowest BCUT2D eigenvalue weighted by molar-refractivity contribution is -0.153. The van der Waals surface area contributed by atoms with Crippen LogP contribution in [0.5, 0.6) is 11.6 Å². The van der Waals surface area contributed by atoms with Gasteiger partial charge < -0.3 is 9.47 Å². The number of alkyl halides is 3. The van der Waals surface area contributed by atoms with Gasteiger partial charge in [-0.25, -0.2) is 4.98 Å². The zero-order valence-corrected chi connectivity index (χ0v) is 10.4. The molecule has 0 unspecified atom stereocenters. The molecule has 0 amide bonds. The molecule has 1 heterocycles. The Labute approximate surface area is 114 Å². The summed E-state index contributed by atoms with van der Waals surface area (Å²) in [6.45, 7) is -0.991. The van der Waals surface area contributed by atoms with Crippen molar-refractivity contribution >= 4 is 0 Å². The van der Waals surface area contributed by atoms with Crippen molar-refractivity contribution in [3.63, 3.8) is 0 Å². The minimum atomic E-state index is -4.36. The molecule has 0 saturated heterocycles. The average molecular weight is 283 g/mol. The molecule has 0 fully saturated rings. The Kier molecular flexibility index (Phi) is 4.45. The van der Waals surface area contributed by atoms with E-state index in [1.165, 1.54) is 18.3 Å². The summed E-state index contributed by atoms with van der Waals surface area (Å²) in [7, 11) is 0. The normalized spacial score (nSPS) is 11.2. The van der Waals surface area contributed by atoms with Crippen molar-refractivity contribution in [2.75, 3.05) is 6.61 Å². The van der Waals surface area contributed by atoms with E-state index in [9.17, 15) is 13.2 Å². The molecule has 2 aromatic rings. The first kappa shape index (κ1) is 14.2.